The van der Waals surface area contributed by atoms with Gasteiger partial charge in [-0.15, -0.1) is 6.58 Å². The second-order valence-corrected chi connectivity index (χ2v) is 4.97. The van der Waals surface area contributed by atoms with Gasteiger partial charge in [-0.3, -0.25) is 9.59 Å². The summed E-state index contributed by atoms with van der Waals surface area (Å²) >= 11 is 0. The van der Waals surface area contributed by atoms with E-state index < -0.39 is 0 Å². The van der Waals surface area contributed by atoms with Gasteiger partial charge in [0.05, 0.1) is 13.1 Å². The highest BCUT2D eigenvalue weighted by Crippen LogP contribution is 1.98. The Kier molecular flexibility index (Phi) is 6.50. The second-order valence-electron chi connectivity index (χ2n) is 4.97. The summed E-state index contributed by atoms with van der Waals surface area (Å²) in [6.45, 7) is 10.1. The van der Waals surface area contributed by atoms with Gasteiger partial charge in [0.1, 0.15) is 0 Å². The van der Waals surface area contributed by atoms with Gasteiger partial charge in [-0.25, -0.2) is 0 Å². The van der Waals surface area contributed by atoms with Crippen LogP contribution < -0.4 is 10.6 Å². The van der Waals surface area contributed by atoms with E-state index in [-0.39, 0.29) is 30.4 Å². The Balaban J connectivity index is 3.99. The molecule has 5 heteroatoms. The number of carbonyl (C=O) groups is 2. The van der Waals surface area contributed by atoms with E-state index in [0.29, 0.717) is 6.54 Å². The van der Waals surface area contributed by atoms with E-state index in [1.54, 1.807) is 13.1 Å². The van der Waals surface area contributed by atoms with Crippen molar-refractivity contribution < 1.29 is 9.59 Å². The molecule has 0 aromatic rings. The van der Waals surface area contributed by atoms with Crippen LogP contribution in [0.4, 0.5) is 0 Å². The molecule has 0 heterocycles. The first kappa shape index (κ1) is 15.6. The average Bonchev–Trinajstić information content (AvgIpc) is 2.14. The number of hydrogen-bond acceptors (Lipinski definition) is 3. The molecular weight excluding hydrogens is 218 g/mol. The molecular formula is C12H23N3O2. The Morgan fingerprint density at radius 1 is 1.35 bits per heavy atom. The molecule has 0 fully saturated rings. The molecule has 0 aromatic carbocycles. The maximum Gasteiger partial charge on any atom is 0.240 e. The van der Waals surface area contributed by atoms with E-state index in [1.165, 1.54) is 4.90 Å². The van der Waals surface area contributed by atoms with E-state index in [0.717, 1.165) is 0 Å². The van der Waals surface area contributed by atoms with Crippen LogP contribution in [0.15, 0.2) is 12.7 Å². The van der Waals surface area contributed by atoms with Gasteiger partial charge in [-0.1, -0.05) is 6.08 Å². The monoisotopic (exact) mass is 241 g/mol. The van der Waals surface area contributed by atoms with E-state index >= 15 is 0 Å². The van der Waals surface area contributed by atoms with Crippen molar-refractivity contribution in [2.75, 3.05) is 26.7 Å². The highest BCUT2D eigenvalue weighted by atomic mass is 16.2. The van der Waals surface area contributed by atoms with E-state index in [2.05, 4.69) is 17.2 Å². The first-order chi connectivity index (χ1) is 7.76. The van der Waals surface area contributed by atoms with Crippen LogP contribution in [0.1, 0.15) is 20.8 Å². The molecule has 0 rings (SSSR count). The van der Waals surface area contributed by atoms with E-state index in [1.807, 2.05) is 20.8 Å². The standard InChI is InChI=1S/C12H23N3O2/c1-6-7-13-8-11(17)15(5)9-10(16)14-12(2,3)4/h6,13H,1,7-9H2,2-5H3,(H,14,16). The molecule has 0 atom stereocenters. The third-order valence-corrected chi connectivity index (χ3v) is 1.89. The van der Waals surface area contributed by atoms with Crippen molar-refractivity contribution >= 4 is 11.8 Å². The summed E-state index contributed by atoms with van der Waals surface area (Å²) in [4.78, 5) is 24.5. The number of nitrogens with one attached hydrogen (secondary N) is 2. The Morgan fingerprint density at radius 3 is 2.41 bits per heavy atom. The van der Waals surface area contributed by atoms with Gasteiger partial charge in [0.15, 0.2) is 0 Å². The van der Waals surface area contributed by atoms with E-state index in [4.69, 9.17) is 0 Å². The van der Waals surface area contributed by atoms with Crippen molar-refractivity contribution in [3.63, 3.8) is 0 Å². The lowest BCUT2D eigenvalue weighted by molar-refractivity contribution is -0.134. The minimum atomic E-state index is -0.276. The normalized spacial score (nSPS) is 10.8. The Bertz CT molecular complexity index is 282. The average molecular weight is 241 g/mol. The summed E-state index contributed by atoms with van der Waals surface area (Å²) in [5.41, 5.74) is -0.276. The molecule has 2 amide bonds. The molecule has 0 aromatic heterocycles. The smallest absolute Gasteiger partial charge is 0.240 e. The highest BCUT2D eigenvalue weighted by Gasteiger charge is 2.17. The van der Waals surface area contributed by atoms with Gasteiger partial charge in [0.25, 0.3) is 0 Å². The molecule has 0 unspecified atom stereocenters. The van der Waals surface area contributed by atoms with Crippen molar-refractivity contribution in [1.82, 2.24) is 15.5 Å². The van der Waals surface area contributed by atoms with Crippen LogP contribution in [0.2, 0.25) is 0 Å². The maximum atomic E-state index is 11.6. The quantitative estimate of drug-likeness (QED) is 0.513. The minimum absolute atomic E-state index is 0.0753. The Morgan fingerprint density at radius 2 is 1.94 bits per heavy atom. The lowest BCUT2D eigenvalue weighted by atomic mass is 10.1. The fraction of sp³-hybridized carbons (Fsp3) is 0.667. The van der Waals surface area contributed by atoms with Crippen LogP contribution in [0.3, 0.4) is 0 Å². The molecule has 0 aliphatic heterocycles. The summed E-state index contributed by atoms with van der Waals surface area (Å²) in [7, 11) is 1.61. The Labute approximate surface area is 103 Å². The third kappa shape index (κ3) is 8.45. The van der Waals surface area contributed by atoms with Gasteiger partial charge in [-0.05, 0) is 20.8 Å². The van der Waals surface area contributed by atoms with Crippen molar-refractivity contribution in [3.05, 3.63) is 12.7 Å². The lowest BCUT2D eigenvalue weighted by Gasteiger charge is -2.23. The van der Waals surface area contributed by atoms with Crippen molar-refractivity contribution in [2.24, 2.45) is 0 Å². The molecule has 0 saturated heterocycles. The van der Waals surface area contributed by atoms with Crippen LogP contribution in [0.5, 0.6) is 0 Å². The Hall–Kier alpha value is -1.36. The minimum Gasteiger partial charge on any atom is -0.350 e. The maximum absolute atomic E-state index is 11.6. The summed E-state index contributed by atoms with van der Waals surface area (Å²) in [5, 5.41) is 5.70. The van der Waals surface area contributed by atoms with Crippen LogP contribution in [-0.4, -0.2) is 48.9 Å². The summed E-state index contributed by atoms with van der Waals surface area (Å²) in [6.07, 6.45) is 1.68. The van der Waals surface area contributed by atoms with Crippen molar-refractivity contribution in [3.8, 4) is 0 Å². The molecule has 0 radical (unpaired) electrons. The van der Waals surface area contributed by atoms with Crippen LogP contribution >= 0.6 is 0 Å². The second kappa shape index (κ2) is 7.06. The topological polar surface area (TPSA) is 61.4 Å². The zero-order valence-corrected chi connectivity index (χ0v) is 11.2. The number of carbonyl (C=O) groups excluding carboxylic acids is 2. The fourth-order valence-electron chi connectivity index (χ4n) is 1.18. The van der Waals surface area contributed by atoms with Gasteiger partial charge in [0, 0.05) is 19.1 Å². The summed E-state index contributed by atoms with van der Waals surface area (Å²) < 4.78 is 0. The largest absolute Gasteiger partial charge is 0.350 e. The van der Waals surface area contributed by atoms with Crippen LogP contribution in [-0.2, 0) is 9.59 Å². The lowest BCUT2D eigenvalue weighted by Crippen LogP contribution is -2.47. The zero-order valence-electron chi connectivity index (χ0n) is 11.2. The summed E-state index contributed by atoms with van der Waals surface area (Å²) in [5.74, 6) is -0.270. The molecule has 0 bridgehead atoms. The fourth-order valence-corrected chi connectivity index (χ4v) is 1.18. The predicted molar refractivity (Wildman–Crippen MR) is 68.6 cm³/mol. The van der Waals surface area contributed by atoms with Gasteiger partial charge in [0.2, 0.25) is 11.8 Å². The number of hydrogen-bond donors (Lipinski definition) is 2. The zero-order chi connectivity index (χ0) is 13.5. The number of amides is 2. The van der Waals surface area contributed by atoms with E-state index in [9.17, 15) is 9.59 Å². The molecule has 98 valence electrons. The highest BCUT2D eigenvalue weighted by molar-refractivity contribution is 5.85. The van der Waals surface area contributed by atoms with Crippen molar-refractivity contribution in [1.29, 1.82) is 0 Å². The molecule has 0 aliphatic carbocycles. The third-order valence-electron chi connectivity index (χ3n) is 1.89. The molecule has 17 heavy (non-hydrogen) atoms. The van der Waals surface area contributed by atoms with Crippen molar-refractivity contribution in [2.45, 2.75) is 26.3 Å². The number of likely N-dealkylation sites (N-methyl/N-ethyl adjacent to an activating group) is 1. The van der Waals surface area contributed by atoms with Gasteiger partial charge in [-0.2, -0.15) is 0 Å². The molecule has 0 aliphatic rings. The molecule has 5 nitrogen and oxygen atoms in total. The SMILES string of the molecule is C=CCNCC(=O)N(C)CC(=O)NC(C)(C)C. The number of nitrogens with zero attached hydrogens (tertiary/aromatic N) is 1. The predicted octanol–water partition coefficient (Wildman–Crippen LogP) is 0.135. The van der Waals surface area contributed by atoms with Crippen LogP contribution in [0.25, 0.3) is 0 Å². The number of rotatable bonds is 6. The van der Waals surface area contributed by atoms with Gasteiger partial charge >= 0.3 is 0 Å². The first-order valence-electron chi connectivity index (χ1n) is 5.63. The molecule has 0 spiro atoms. The molecule has 0 saturated carbocycles. The van der Waals surface area contributed by atoms with Crippen LogP contribution in [0, 0.1) is 0 Å². The molecule has 2 N–H and O–H groups in total. The van der Waals surface area contributed by atoms with Gasteiger partial charge < -0.3 is 15.5 Å². The first-order valence-corrected chi connectivity index (χ1v) is 5.63. The summed E-state index contributed by atoms with van der Waals surface area (Å²) in [6, 6.07) is 0.